The normalized spacial score (nSPS) is 11.2. The molecule has 3 aromatic carbocycles. The Kier molecular flexibility index (Phi) is 8.73. The van der Waals surface area contributed by atoms with E-state index in [0.29, 0.717) is 22.3 Å². The van der Waals surface area contributed by atoms with E-state index in [4.69, 9.17) is 34.8 Å². The second-order valence-electron chi connectivity index (χ2n) is 6.67. The summed E-state index contributed by atoms with van der Waals surface area (Å²) >= 11 is 19.7. The third-order valence-corrected chi connectivity index (χ3v) is 7.80. The highest BCUT2D eigenvalue weighted by Crippen LogP contribution is 2.25. The van der Waals surface area contributed by atoms with Crippen LogP contribution in [0, 0.1) is 0 Å². The molecule has 1 amide bonds. The van der Waals surface area contributed by atoms with Gasteiger partial charge in [-0.3, -0.25) is 9.52 Å². The molecule has 0 heterocycles. The molecule has 0 aliphatic heterocycles. The molecule has 5 nitrogen and oxygen atoms in total. The Balaban J connectivity index is 1.55. The molecule has 0 saturated carbocycles. The van der Waals surface area contributed by atoms with Gasteiger partial charge in [-0.2, -0.15) is 11.8 Å². The molecule has 0 saturated heterocycles. The zero-order valence-corrected chi connectivity index (χ0v) is 20.5. The van der Waals surface area contributed by atoms with E-state index in [2.05, 4.69) is 10.0 Å². The summed E-state index contributed by atoms with van der Waals surface area (Å²) in [5, 5.41) is 4.05. The van der Waals surface area contributed by atoms with Crippen LogP contribution in [0.25, 0.3) is 0 Å². The number of amides is 1. The fraction of sp³-hybridized carbons (Fsp3) is 0.136. The number of rotatable bonds is 9. The van der Waals surface area contributed by atoms with Crippen molar-refractivity contribution >= 4 is 68.2 Å². The Hall–Kier alpha value is -1.90. The fourth-order valence-electron chi connectivity index (χ4n) is 2.73. The largest absolute Gasteiger partial charge is 0.351 e. The van der Waals surface area contributed by atoms with Gasteiger partial charge in [-0.05, 0) is 48.0 Å². The number of thioether (sulfide) groups is 1. The Morgan fingerprint density at radius 2 is 1.59 bits per heavy atom. The molecule has 0 bridgehead atoms. The van der Waals surface area contributed by atoms with Gasteiger partial charge in [0.2, 0.25) is 0 Å². The van der Waals surface area contributed by atoms with Crippen molar-refractivity contribution in [1.82, 2.24) is 5.32 Å². The first-order valence-corrected chi connectivity index (χ1v) is 13.2. The zero-order valence-electron chi connectivity index (χ0n) is 16.6. The average Bonchev–Trinajstić information content (AvgIpc) is 2.77. The summed E-state index contributed by atoms with van der Waals surface area (Å²) in [6, 6.07) is 17.9. The number of carbonyl (C=O) groups is 1. The molecular weight excluding hydrogens is 511 g/mol. The van der Waals surface area contributed by atoms with Crippen LogP contribution in [-0.2, 0) is 15.8 Å². The lowest BCUT2D eigenvalue weighted by Gasteiger charge is -2.11. The zero-order chi connectivity index (χ0) is 23.1. The minimum absolute atomic E-state index is 0.125. The summed E-state index contributed by atoms with van der Waals surface area (Å²) in [7, 11) is -3.77. The quantitative estimate of drug-likeness (QED) is 0.328. The molecule has 0 atom stereocenters. The van der Waals surface area contributed by atoms with Gasteiger partial charge in [-0.1, -0.05) is 59.1 Å². The first-order chi connectivity index (χ1) is 15.3. The van der Waals surface area contributed by atoms with Crippen LogP contribution in [0.1, 0.15) is 15.9 Å². The molecule has 2 N–H and O–H groups in total. The van der Waals surface area contributed by atoms with Gasteiger partial charge in [0.25, 0.3) is 15.9 Å². The van der Waals surface area contributed by atoms with E-state index >= 15 is 0 Å². The summed E-state index contributed by atoms with van der Waals surface area (Å²) in [6.45, 7) is 0.418. The molecule has 32 heavy (non-hydrogen) atoms. The highest BCUT2D eigenvalue weighted by molar-refractivity contribution is 7.98. The molecule has 3 aromatic rings. The van der Waals surface area contributed by atoms with Gasteiger partial charge in [0.05, 0.1) is 25.5 Å². The number of hydrogen-bond acceptors (Lipinski definition) is 4. The third kappa shape index (κ3) is 6.80. The molecule has 0 unspecified atom stereocenters. The molecular formula is C22H19Cl3N2O3S2. The number of sulfonamides is 1. The van der Waals surface area contributed by atoms with Crippen LogP contribution < -0.4 is 10.0 Å². The number of nitrogens with one attached hydrogen (secondary N) is 2. The van der Waals surface area contributed by atoms with E-state index in [1.165, 1.54) is 30.3 Å². The van der Waals surface area contributed by atoms with Crippen molar-refractivity contribution in [3.8, 4) is 0 Å². The van der Waals surface area contributed by atoms with Crippen LogP contribution in [0.5, 0.6) is 0 Å². The lowest BCUT2D eigenvalue weighted by molar-refractivity contribution is 0.0956. The van der Waals surface area contributed by atoms with E-state index in [1.807, 2.05) is 12.1 Å². The van der Waals surface area contributed by atoms with Crippen molar-refractivity contribution in [2.75, 3.05) is 17.0 Å². The maximum Gasteiger partial charge on any atom is 0.261 e. The fourth-order valence-corrected chi connectivity index (χ4v) is 5.13. The summed E-state index contributed by atoms with van der Waals surface area (Å²) in [5.41, 5.74) is 1.48. The second kappa shape index (κ2) is 11.3. The number of carbonyl (C=O) groups excluding carboxylic acids is 1. The minimum atomic E-state index is -3.77. The van der Waals surface area contributed by atoms with Gasteiger partial charge in [0.15, 0.2) is 0 Å². The highest BCUT2D eigenvalue weighted by atomic mass is 35.5. The maximum atomic E-state index is 12.6. The van der Waals surface area contributed by atoms with Gasteiger partial charge >= 0.3 is 0 Å². The van der Waals surface area contributed by atoms with Crippen molar-refractivity contribution in [2.45, 2.75) is 10.6 Å². The van der Waals surface area contributed by atoms with Crippen LogP contribution >= 0.6 is 46.6 Å². The summed E-state index contributed by atoms with van der Waals surface area (Å²) in [4.78, 5) is 12.7. The molecule has 3 rings (SSSR count). The molecule has 168 valence electrons. The Morgan fingerprint density at radius 1 is 0.875 bits per heavy atom. The first kappa shape index (κ1) is 24.7. The summed E-state index contributed by atoms with van der Waals surface area (Å²) < 4.78 is 27.5. The van der Waals surface area contributed by atoms with E-state index in [-0.39, 0.29) is 27.1 Å². The summed E-state index contributed by atoms with van der Waals surface area (Å²) in [5.74, 6) is 1.01. The maximum absolute atomic E-state index is 12.6. The monoisotopic (exact) mass is 528 g/mol. The average molecular weight is 530 g/mol. The Morgan fingerprint density at radius 3 is 2.31 bits per heavy atom. The molecule has 0 aliphatic rings. The van der Waals surface area contributed by atoms with Crippen LogP contribution in [0.2, 0.25) is 15.1 Å². The van der Waals surface area contributed by atoms with Crippen LogP contribution in [0.4, 0.5) is 5.69 Å². The summed E-state index contributed by atoms with van der Waals surface area (Å²) in [6.07, 6.45) is 0. The van der Waals surface area contributed by atoms with E-state index < -0.39 is 10.0 Å². The number of hydrogen-bond donors (Lipinski definition) is 2. The number of anilines is 1. The number of halogens is 3. The standard InChI is InChI=1S/C22H19Cl3N2O3S2/c23-19-9-7-16(27-32(29,30)17-4-2-1-3-5-17)13-18(19)22(28)26-10-11-31-14-15-6-8-20(24)21(25)12-15/h1-9,12-13,27H,10-11,14H2,(H,26,28). The Bertz CT molecular complexity index is 1210. The van der Waals surface area contributed by atoms with Gasteiger partial charge < -0.3 is 5.32 Å². The highest BCUT2D eigenvalue weighted by Gasteiger charge is 2.16. The second-order valence-corrected chi connectivity index (χ2v) is 10.7. The molecule has 0 fully saturated rings. The SMILES string of the molecule is O=C(NCCSCc1ccc(Cl)c(Cl)c1)c1cc(NS(=O)(=O)c2ccccc2)ccc1Cl. The molecule has 0 aromatic heterocycles. The van der Waals surface area contributed by atoms with Gasteiger partial charge in [-0.25, -0.2) is 8.42 Å². The van der Waals surface area contributed by atoms with Crippen molar-refractivity contribution in [2.24, 2.45) is 0 Å². The van der Waals surface area contributed by atoms with E-state index in [0.717, 1.165) is 11.3 Å². The molecule has 0 aliphatic carbocycles. The third-order valence-electron chi connectivity index (χ3n) is 4.30. The van der Waals surface area contributed by atoms with Crippen LogP contribution in [-0.4, -0.2) is 26.6 Å². The van der Waals surface area contributed by atoms with Crippen molar-refractivity contribution in [3.63, 3.8) is 0 Å². The lowest BCUT2D eigenvalue weighted by atomic mass is 10.2. The lowest BCUT2D eigenvalue weighted by Crippen LogP contribution is -2.26. The van der Waals surface area contributed by atoms with Gasteiger partial charge in [0.1, 0.15) is 0 Å². The van der Waals surface area contributed by atoms with E-state index in [1.54, 1.807) is 36.0 Å². The molecule has 0 spiro atoms. The smallest absolute Gasteiger partial charge is 0.261 e. The van der Waals surface area contributed by atoms with Crippen molar-refractivity contribution in [3.05, 3.63) is 92.9 Å². The number of benzene rings is 3. The van der Waals surface area contributed by atoms with Crippen molar-refractivity contribution in [1.29, 1.82) is 0 Å². The molecule has 10 heteroatoms. The Labute approximate surface area is 206 Å². The predicted molar refractivity (Wildman–Crippen MR) is 134 cm³/mol. The van der Waals surface area contributed by atoms with Crippen LogP contribution in [0.3, 0.4) is 0 Å². The van der Waals surface area contributed by atoms with Crippen LogP contribution in [0.15, 0.2) is 71.6 Å². The van der Waals surface area contributed by atoms with E-state index in [9.17, 15) is 13.2 Å². The van der Waals surface area contributed by atoms with Gasteiger partial charge in [0, 0.05) is 23.7 Å². The topological polar surface area (TPSA) is 75.3 Å². The van der Waals surface area contributed by atoms with Crippen molar-refractivity contribution < 1.29 is 13.2 Å². The molecule has 0 radical (unpaired) electrons. The first-order valence-electron chi connectivity index (χ1n) is 9.43. The predicted octanol–water partition coefficient (Wildman–Crippen LogP) is 6.11. The minimum Gasteiger partial charge on any atom is -0.351 e. The van der Waals surface area contributed by atoms with Gasteiger partial charge in [-0.15, -0.1) is 0 Å².